The van der Waals surface area contributed by atoms with Crippen molar-refractivity contribution in [1.82, 2.24) is 0 Å². The van der Waals surface area contributed by atoms with Crippen LogP contribution in [0.15, 0.2) is 6.07 Å². The largest absolute Gasteiger partial charge is 0.507 e. The maximum atomic E-state index is 10.9. The summed E-state index contributed by atoms with van der Waals surface area (Å²) < 4.78 is 0. The summed E-state index contributed by atoms with van der Waals surface area (Å²) >= 11 is 0. The Morgan fingerprint density at radius 2 is 1.19 bits per heavy atom. The topological polar surface area (TPSA) is 20.2 Å². The van der Waals surface area contributed by atoms with Gasteiger partial charge in [-0.15, -0.1) is 0 Å². The third kappa shape index (κ3) is 3.62. The zero-order valence-electron chi connectivity index (χ0n) is 15.7. The fraction of sp³-hybridized carbons (Fsp3) is 0.700. The first-order valence-electron chi connectivity index (χ1n) is 8.11. The maximum Gasteiger partial charge on any atom is 0.122 e. The molecule has 0 spiro atoms. The molecule has 0 aromatic heterocycles. The minimum Gasteiger partial charge on any atom is -0.507 e. The summed E-state index contributed by atoms with van der Waals surface area (Å²) in [5.41, 5.74) is 4.89. The molecule has 0 unspecified atom stereocenters. The summed E-state index contributed by atoms with van der Waals surface area (Å²) in [5.74, 6) is 0.503. The second-order valence-corrected chi connectivity index (χ2v) is 9.29. The molecule has 1 nitrogen and oxygen atoms in total. The number of aromatic hydroxyl groups is 1. The van der Waals surface area contributed by atoms with Crippen molar-refractivity contribution >= 4 is 0 Å². The van der Waals surface area contributed by atoms with Gasteiger partial charge in [0, 0.05) is 5.56 Å². The lowest BCUT2D eigenvalue weighted by molar-refractivity contribution is 0.423. The fourth-order valence-electron chi connectivity index (χ4n) is 3.10. The minimum atomic E-state index is -0.0716. The summed E-state index contributed by atoms with van der Waals surface area (Å²) in [7, 11) is 0. The molecule has 0 saturated carbocycles. The Balaban J connectivity index is 4.00. The number of aryl methyl sites for hydroxylation is 1. The van der Waals surface area contributed by atoms with Crippen molar-refractivity contribution in [2.24, 2.45) is 0 Å². The Morgan fingerprint density at radius 3 is 1.48 bits per heavy atom. The molecule has 1 rings (SSSR count). The van der Waals surface area contributed by atoms with Gasteiger partial charge in [0.05, 0.1) is 0 Å². The van der Waals surface area contributed by atoms with Crippen molar-refractivity contribution in [2.75, 3.05) is 0 Å². The molecule has 0 aliphatic heterocycles. The molecule has 1 aromatic rings. The van der Waals surface area contributed by atoms with E-state index in [0.29, 0.717) is 5.75 Å². The van der Waals surface area contributed by atoms with Crippen molar-refractivity contribution < 1.29 is 5.11 Å². The number of phenols is 1. The quantitative estimate of drug-likeness (QED) is 0.688. The molecule has 0 fully saturated rings. The number of benzene rings is 1. The highest BCUT2D eigenvalue weighted by atomic mass is 16.3. The Morgan fingerprint density at radius 1 is 0.762 bits per heavy atom. The van der Waals surface area contributed by atoms with Gasteiger partial charge in [-0.25, -0.2) is 0 Å². The second-order valence-electron chi connectivity index (χ2n) is 9.29. The first-order chi connectivity index (χ1) is 9.21. The van der Waals surface area contributed by atoms with Gasteiger partial charge in [-0.1, -0.05) is 75.3 Å². The number of rotatable bonds is 1. The SMILES string of the molecule is CCc1cc(C(C)(C)C)c(C(C)(C)C)c(C(C)(C)C)c1O. The zero-order chi connectivity index (χ0) is 16.8. The number of hydrogen-bond acceptors (Lipinski definition) is 1. The van der Waals surface area contributed by atoms with E-state index < -0.39 is 0 Å². The van der Waals surface area contributed by atoms with E-state index in [0.717, 1.165) is 17.5 Å². The van der Waals surface area contributed by atoms with Gasteiger partial charge >= 0.3 is 0 Å². The van der Waals surface area contributed by atoms with E-state index in [1.165, 1.54) is 11.1 Å². The molecular formula is C20H34O. The predicted octanol–water partition coefficient (Wildman–Crippen LogP) is 5.85. The normalized spacial score (nSPS) is 13.6. The molecule has 1 N–H and O–H groups in total. The number of hydrogen-bond donors (Lipinski definition) is 1. The van der Waals surface area contributed by atoms with E-state index >= 15 is 0 Å². The van der Waals surface area contributed by atoms with Crippen LogP contribution >= 0.6 is 0 Å². The first kappa shape index (κ1) is 18.1. The van der Waals surface area contributed by atoms with Gasteiger partial charge in [0.2, 0.25) is 0 Å². The van der Waals surface area contributed by atoms with Crippen LogP contribution in [0.2, 0.25) is 0 Å². The molecule has 120 valence electrons. The van der Waals surface area contributed by atoms with Crippen LogP contribution < -0.4 is 0 Å². The van der Waals surface area contributed by atoms with Gasteiger partial charge in [0.15, 0.2) is 0 Å². The van der Waals surface area contributed by atoms with Gasteiger partial charge in [0.25, 0.3) is 0 Å². The smallest absolute Gasteiger partial charge is 0.122 e. The summed E-state index contributed by atoms with van der Waals surface area (Å²) in [4.78, 5) is 0. The molecule has 0 heterocycles. The molecule has 21 heavy (non-hydrogen) atoms. The van der Waals surface area contributed by atoms with Crippen LogP contribution in [-0.4, -0.2) is 5.11 Å². The average molecular weight is 290 g/mol. The van der Waals surface area contributed by atoms with Gasteiger partial charge in [-0.05, 0) is 39.4 Å². The predicted molar refractivity (Wildman–Crippen MR) is 93.6 cm³/mol. The Hall–Kier alpha value is -0.980. The molecule has 0 atom stereocenters. The van der Waals surface area contributed by atoms with Crippen molar-refractivity contribution in [3.8, 4) is 5.75 Å². The summed E-state index contributed by atoms with van der Waals surface area (Å²) in [6, 6.07) is 2.23. The highest BCUT2D eigenvalue weighted by Crippen LogP contribution is 2.46. The standard InChI is InChI=1S/C20H34O/c1-11-13-12-14(18(2,3)4)15(19(5,6)7)16(17(13)21)20(8,9)10/h12,21H,11H2,1-10H3. The average Bonchev–Trinajstić information content (AvgIpc) is 2.23. The van der Waals surface area contributed by atoms with Crippen molar-refractivity contribution in [3.63, 3.8) is 0 Å². The van der Waals surface area contributed by atoms with Crippen LogP contribution in [0, 0.1) is 0 Å². The van der Waals surface area contributed by atoms with Crippen LogP contribution in [0.4, 0.5) is 0 Å². The van der Waals surface area contributed by atoms with Crippen LogP contribution in [0.25, 0.3) is 0 Å². The van der Waals surface area contributed by atoms with E-state index in [4.69, 9.17) is 0 Å². The van der Waals surface area contributed by atoms with E-state index in [1.54, 1.807) is 0 Å². The summed E-state index contributed by atoms with van der Waals surface area (Å²) in [6.45, 7) is 22.2. The molecular weight excluding hydrogens is 256 g/mol. The molecule has 1 aromatic carbocycles. The third-order valence-corrected chi connectivity index (χ3v) is 4.07. The molecule has 0 saturated heterocycles. The van der Waals surface area contributed by atoms with E-state index in [9.17, 15) is 5.11 Å². The molecule has 0 amide bonds. The highest BCUT2D eigenvalue weighted by molar-refractivity contribution is 5.57. The first-order valence-corrected chi connectivity index (χ1v) is 8.11. The van der Waals surface area contributed by atoms with E-state index in [1.807, 2.05) is 0 Å². The van der Waals surface area contributed by atoms with Crippen molar-refractivity contribution in [1.29, 1.82) is 0 Å². The fourth-order valence-corrected chi connectivity index (χ4v) is 3.10. The summed E-state index contributed by atoms with van der Waals surface area (Å²) in [6.07, 6.45) is 0.864. The highest BCUT2D eigenvalue weighted by Gasteiger charge is 2.34. The Kier molecular flexibility index (Phi) is 4.59. The molecule has 0 bridgehead atoms. The van der Waals surface area contributed by atoms with Crippen LogP contribution in [0.1, 0.15) is 91.5 Å². The Bertz CT molecular complexity index is 517. The van der Waals surface area contributed by atoms with Gasteiger partial charge < -0.3 is 5.11 Å². The summed E-state index contributed by atoms with van der Waals surface area (Å²) in [5, 5.41) is 10.9. The van der Waals surface area contributed by atoms with Crippen molar-refractivity contribution in [3.05, 3.63) is 28.3 Å². The molecule has 1 heteroatoms. The second kappa shape index (κ2) is 5.34. The van der Waals surface area contributed by atoms with Crippen LogP contribution in [0.5, 0.6) is 5.75 Å². The number of phenolic OH excluding ortho intramolecular Hbond substituents is 1. The van der Waals surface area contributed by atoms with E-state index in [-0.39, 0.29) is 16.2 Å². The van der Waals surface area contributed by atoms with Gasteiger partial charge in [-0.2, -0.15) is 0 Å². The van der Waals surface area contributed by atoms with Gasteiger partial charge in [-0.3, -0.25) is 0 Å². The zero-order valence-corrected chi connectivity index (χ0v) is 15.7. The molecule has 0 radical (unpaired) electrons. The monoisotopic (exact) mass is 290 g/mol. The van der Waals surface area contributed by atoms with E-state index in [2.05, 4.69) is 75.3 Å². The van der Waals surface area contributed by atoms with Crippen molar-refractivity contribution in [2.45, 2.75) is 91.9 Å². The molecule has 0 aliphatic rings. The minimum absolute atomic E-state index is 0.00891. The lowest BCUT2D eigenvalue weighted by Gasteiger charge is -2.37. The lowest BCUT2D eigenvalue weighted by atomic mass is 9.67. The third-order valence-electron chi connectivity index (χ3n) is 4.07. The lowest BCUT2D eigenvalue weighted by Crippen LogP contribution is -2.28. The van der Waals surface area contributed by atoms with Gasteiger partial charge in [0.1, 0.15) is 5.75 Å². The Labute approximate surface area is 131 Å². The van der Waals surface area contributed by atoms with Crippen LogP contribution in [0.3, 0.4) is 0 Å². The molecule has 0 aliphatic carbocycles. The van der Waals surface area contributed by atoms with Crippen LogP contribution in [-0.2, 0) is 22.7 Å². The maximum absolute atomic E-state index is 10.9.